The van der Waals surface area contributed by atoms with Gasteiger partial charge in [-0.1, -0.05) is 25.0 Å². The third-order valence-electron chi connectivity index (χ3n) is 2.67. The van der Waals surface area contributed by atoms with Crippen molar-refractivity contribution in [2.45, 2.75) is 38.5 Å². The van der Waals surface area contributed by atoms with Gasteiger partial charge in [-0.05, 0) is 37.0 Å². The summed E-state index contributed by atoms with van der Waals surface area (Å²) >= 11 is 0. The number of benzene rings is 1. The summed E-state index contributed by atoms with van der Waals surface area (Å²) in [6.45, 7) is 0. The summed E-state index contributed by atoms with van der Waals surface area (Å²) < 4.78 is 5.18. The molecule has 0 radical (unpaired) electrons. The Kier molecular flexibility index (Phi) is 6.31. The second-order valence-corrected chi connectivity index (χ2v) is 3.97. The Labute approximate surface area is 97.6 Å². The molecule has 2 nitrogen and oxygen atoms in total. The summed E-state index contributed by atoms with van der Waals surface area (Å²) in [5.74, 6) is 0.929. The first kappa shape index (κ1) is 12.8. The van der Waals surface area contributed by atoms with Crippen LogP contribution >= 0.6 is 0 Å². The van der Waals surface area contributed by atoms with E-state index < -0.39 is 0 Å². The van der Waals surface area contributed by atoms with E-state index in [4.69, 9.17) is 4.74 Å². The number of hydrogen-bond donors (Lipinski definition) is 0. The van der Waals surface area contributed by atoms with Crippen LogP contribution in [0.2, 0.25) is 0 Å². The van der Waals surface area contributed by atoms with E-state index in [0.29, 0.717) is 6.42 Å². The van der Waals surface area contributed by atoms with Gasteiger partial charge >= 0.3 is 0 Å². The van der Waals surface area contributed by atoms with Crippen molar-refractivity contribution in [3.63, 3.8) is 0 Å². The Morgan fingerprint density at radius 1 is 1.19 bits per heavy atom. The van der Waals surface area contributed by atoms with Gasteiger partial charge in [-0.3, -0.25) is 0 Å². The summed E-state index contributed by atoms with van der Waals surface area (Å²) in [4.78, 5) is 10.1. The van der Waals surface area contributed by atoms with E-state index >= 15 is 0 Å². The molecule has 0 atom stereocenters. The summed E-state index contributed by atoms with van der Waals surface area (Å²) in [7, 11) is 1.69. The van der Waals surface area contributed by atoms with Crippen LogP contribution in [0.3, 0.4) is 0 Å². The molecule has 1 aromatic rings. The molecular formula is C14H20O2. The molecule has 1 aromatic carbocycles. The number of carbonyl (C=O) groups excluding carboxylic acids is 1. The molecule has 0 fully saturated rings. The molecule has 88 valence electrons. The SMILES string of the molecule is COc1cccc(CCCCCCC=O)c1. The van der Waals surface area contributed by atoms with Gasteiger partial charge in [0.2, 0.25) is 0 Å². The van der Waals surface area contributed by atoms with Crippen molar-refractivity contribution in [2.24, 2.45) is 0 Å². The molecule has 0 heterocycles. The van der Waals surface area contributed by atoms with Gasteiger partial charge < -0.3 is 9.53 Å². The Morgan fingerprint density at radius 3 is 2.75 bits per heavy atom. The fourth-order valence-electron chi connectivity index (χ4n) is 1.74. The van der Waals surface area contributed by atoms with Crippen LogP contribution in [0.1, 0.15) is 37.7 Å². The monoisotopic (exact) mass is 220 g/mol. The van der Waals surface area contributed by atoms with Crippen LogP contribution in [-0.2, 0) is 11.2 Å². The number of hydrogen-bond acceptors (Lipinski definition) is 2. The zero-order valence-electron chi connectivity index (χ0n) is 9.95. The molecule has 0 unspecified atom stereocenters. The molecular weight excluding hydrogens is 200 g/mol. The van der Waals surface area contributed by atoms with Crippen LogP contribution in [0.4, 0.5) is 0 Å². The minimum Gasteiger partial charge on any atom is -0.497 e. The van der Waals surface area contributed by atoms with E-state index in [-0.39, 0.29) is 0 Å². The molecule has 0 saturated heterocycles. The van der Waals surface area contributed by atoms with Crippen molar-refractivity contribution in [3.05, 3.63) is 29.8 Å². The molecule has 16 heavy (non-hydrogen) atoms. The van der Waals surface area contributed by atoms with Crippen LogP contribution in [0, 0.1) is 0 Å². The highest BCUT2D eigenvalue weighted by atomic mass is 16.5. The topological polar surface area (TPSA) is 26.3 Å². The normalized spacial score (nSPS) is 10.1. The molecule has 0 amide bonds. The number of rotatable bonds is 8. The van der Waals surface area contributed by atoms with Crippen LogP contribution in [0.15, 0.2) is 24.3 Å². The average molecular weight is 220 g/mol. The van der Waals surface area contributed by atoms with E-state index in [1.165, 1.54) is 18.4 Å². The van der Waals surface area contributed by atoms with Crippen LogP contribution in [0.5, 0.6) is 5.75 Å². The van der Waals surface area contributed by atoms with Crippen molar-refractivity contribution in [3.8, 4) is 5.75 Å². The summed E-state index contributed by atoms with van der Waals surface area (Å²) in [5.41, 5.74) is 1.33. The molecule has 0 N–H and O–H groups in total. The first-order chi connectivity index (χ1) is 7.86. The highest BCUT2D eigenvalue weighted by Crippen LogP contribution is 2.15. The minimum atomic E-state index is 0.707. The van der Waals surface area contributed by atoms with Crippen LogP contribution in [-0.4, -0.2) is 13.4 Å². The first-order valence-corrected chi connectivity index (χ1v) is 5.93. The summed E-state index contributed by atoms with van der Waals surface area (Å²) in [5, 5.41) is 0. The number of carbonyl (C=O) groups is 1. The lowest BCUT2D eigenvalue weighted by atomic mass is 10.1. The van der Waals surface area contributed by atoms with Crippen LogP contribution < -0.4 is 4.74 Å². The minimum absolute atomic E-state index is 0.707. The number of unbranched alkanes of at least 4 members (excludes halogenated alkanes) is 4. The lowest BCUT2D eigenvalue weighted by molar-refractivity contribution is -0.107. The predicted octanol–water partition coefficient (Wildman–Crippen LogP) is 3.39. The number of aldehydes is 1. The standard InChI is InChI=1S/C14H20O2/c1-16-14-10-7-9-13(12-14)8-5-3-2-4-6-11-15/h7,9-12H,2-6,8H2,1H3. The third-order valence-corrected chi connectivity index (χ3v) is 2.67. The van der Waals surface area contributed by atoms with Crippen LogP contribution in [0.25, 0.3) is 0 Å². The molecule has 0 bridgehead atoms. The van der Waals surface area contributed by atoms with E-state index in [1.807, 2.05) is 12.1 Å². The molecule has 0 aliphatic rings. The maximum atomic E-state index is 10.1. The largest absolute Gasteiger partial charge is 0.497 e. The van der Waals surface area contributed by atoms with Crippen molar-refractivity contribution in [2.75, 3.05) is 7.11 Å². The van der Waals surface area contributed by atoms with Gasteiger partial charge in [0.15, 0.2) is 0 Å². The van der Waals surface area contributed by atoms with Gasteiger partial charge in [-0.25, -0.2) is 0 Å². The smallest absolute Gasteiger partial charge is 0.119 e. The third kappa shape index (κ3) is 4.96. The maximum absolute atomic E-state index is 10.1. The molecule has 0 aliphatic carbocycles. The van der Waals surface area contributed by atoms with Gasteiger partial charge in [0.25, 0.3) is 0 Å². The quantitative estimate of drug-likeness (QED) is 0.496. The van der Waals surface area contributed by atoms with E-state index in [9.17, 15) is 4.79 Å². The number of aryl methyl sites for hydroxylation is 1. The molecule has 0 aliphatic heterocycles. The zero-order valence-corrected chi connectivity index (χ0v) is 9.95. The Morgan fingerprint density at radius 2 is 2.00 bits per heavy atom. The summed E-state index contributed by atoms with van der Waals surface area (Å²) in [6, 6.07) is 8.22. The van der Waals surface area contributed by atoms with Gasteiger partial charge in [0.1, 0.15) is 12.0 Å². The fraction of sp³-hybridized carbons (Fsp3) is 0.500. The van der Waals surface area contributed by atoms with E-state index in [2.05, 4.69) is 12.1 Å². The molecule has 1 rings (SSSR count). The predicted molar refractivity (Wildman–Crippen MR) is 65.8 cm³/mol. The van der Waals surface area contributed by atoms with Gasteiger partial charge in [0.05, 0.1) is 7.11 Å². The molecule has 0 saturated carbocycles. The summed E-state index contributed by atoms with van der Waals surface area (Å²) in [6.07, 6.45) is 7.38. The highest BCUT2D eigenvalue weighted by molar-refractivity contribution is 5.48. The fourth-order valence-corrected chi connectivity index (χ4v) is 1.74. The maximum Gasteiger partial charge on any atom is 0.119 e. The number of ether oxygens (including phenoxy) is 1. The Bertz CT molecular complexity index is 307. The van der Waals surface area contributed by atoms with Crippen molar-refractivity contribution >= 4 is 6.29 Å². The van der Waals surface area contributed by atoms with Crippen molar-refractivity contribution in [1.29, 1.82) is 0 Å². The zero-order chi connectivity index (χ0) is 11.6. The lowest BCUT2D eigenvalue weighted by Gasteiger charge is -2.04. The second kappa shape index (κ2) is 7.91. The lowest BCUT2D eigenvalue weighted by Crippen LogP contribution is -1.88. The Balaban J connectivity index is 2.18. The first-order valence-electron chi connectivity index (χ1n) is 5.93. The molecule has 0 aromatic heterocycles. The Hall–Kier alpha value is -1.31. The van der Waals surface area contributed by atoms with Gasteiger partial charge in [-0.2, -0.15) is 0 Å². The average Bonchev–Trinajstić information content (AvgIpc) is 2.34. The second-order valence-electron chi connectivity index (χ2n) is 3.97. The molecule has 0 spiro atoms. The van der Waals surface area contributed by atoms with Crippen molar-refractivity contribution < 1.29 is 9.53 Å². The van der Waals surface area contributed by atoms with Gasteiger partial charge in [-0.15, -0.1) is 0 Å². The number of methoxy groups -OCH3 is 1. The van der Waals surface area contributed by atoms with Crippen molar-refractivity contribution in [1.82, 2.24) is 0 Å². The van der Waals surface area contributed by atoms with E-state index in [1.54, 1.807) is 7.11 Å². The highest BCUT2D eigenvalue weighted by Gasteiger charge is 1.96. The van der Waals surface area contributed by atoms with Gasteiger partial charge in [0, 0.05) is 6.42 Å². The van der Waals surface area contributed by atoms with E-state index in [0.717, 1.165) is 31.3 Å². The molecule has 2 heteroatoms.